The van der Waals surface area contributed by atoms with Gasteiger partial charge in [-0.25, -0.2) is 4.79 Å². The first-order valence-corrected chi connectivity index (χ1v) is 5.26. The van der Waals surface area contributed by atoms with Gasteiger partial charge in [0.2, 0.25) is 5.91 Å². The Bertz CT molecular complexity index is 305. The number of hydrogen-bond donors (Lipinski definition) is 2. The van der Waals surface area contributed by atoms with Gasteiger partial charge in [0.1, 0.15) is 6.04 Å². The Morgan fingerprint density at radius 2 is 2.06 bits per heavy atom. The van der Waals surface area contributed by atoms with Crippen LogP contribution in [0.3, 0.4) is 0 Å². The number of rotatable bonds is 6. The van der Waals surface area contributed by atoms with Crippen molar-refractivity contribution in [2.24, 2.45) is 5.41 Å². The molecule has 0 aromatic rings. The van der Waals surface area contributed by atoms with Gasteiger partial charge < -0.3 is 10.4 Å². The minimum absolute atomic E-state index is 0.0668. The minimum Gasteiger partial charge on any atom is -0.480 e. The van der Waals surface area contributed by atoms with Gasteiger partial charge in [0.05, 0.1) is 11.5 Å². The van der Waals surface area contributed by atoms with Gasteiger partial charge in [0, 0.05) is 6.42 Å². The number of carboxylic acids is 1. The molecular formula is C11H18N2O3. The van der Waals surface area contributed by atoms with E-state index in [1.165, 1.54) is 0 Å². The van der Waals surface area contributed by atoms with Crippen LogP contribution in [-0.2, 0) is 9.59 Å². The number of carboxylic acid groups (broad SMARTS) is 1. The molecule has 0 aromatic carbocycles. The second-order valence-electron chi connectivity index (χ2n) is 4.37. The van der Waals surface area contributed by atoms with Gasteiger partial charge in [-0.3, -0.25) is 4.79 Å². The van der Waals surface area contributed by atoms with Gasteiger partial charge in [-0.05, 0) is 6.42 Å². The van der Waals surface area contributed by atoms with Crippen LogP contribution in [0.15, 0.2) is 0 Å². The van der Waals surface area contributed by atoms with Crippen molar-refractivity contribution in [3.05, 3.63) is 0 Å². The molecule has 16 heavy (non-hydrogen) atoms. The Kier molecular flexibility index (Phi) is 5.51. The van der Waals surface area contributed by atoms with E-state index < -0.39 is 23.3 Å². The van der Waals surface area contributed by atoms with E-state index in [2.05, 4.69) is 5.32 Å². The molecule has 0 rings (SSSR count). The smallest absolute Gasteiger partial charge is 0.326 e. The van der Waals surface area contributed by atoms with Crippen LogP contribution < -0.4 is 5.32 Å². The van der Waals surface area contributed by atoms with Gasteiger partial charge in [-0.15, -0.1) is 0 Å². The maximum atomic E-state index is 11.7. The first-order chi connectivity index (χ1) is 7.35. The van der Waals surface area contributed by atoms with E-state index in [-0.39, 0.29) is 6.42 Å². The number of nitriles is 1. The number of carbonyl (C=O) groups is 2. The second-order valence-corrected chi connectivity index (χ2v) is 4.37. The van der Waals surface area contributed by atoms with Crippen LogP contribution in [0.25, 0.3) is 0 Å². The molecule has 0 bridgehead atoms. The van der Waals surface area contributed by atoms with Crippen molar-refractivity contribution in [1.82, 2.24) is 5.32 Å². The van der Waals surface area contributed by atoms with Crippen molar-refractivity contribution >= 4 is 11.9 Å². The average molecular weight is 226 g/mol. The summed E-state index contributed by atoms with van der Waals surface area (Å²) in [4.78, 5) is 22.5. The highest BCUT2D eigenvalue weighted by atomic mass is 16.4. The summed E-state index contributed by atoms with van der Waals surface area (Å²) in [7, 11) is 0. The van der Waals surface area contributed by atoms with Gasteiger partial charge in [-0.1, -0.05) is 27.2 Å². The van der Waals surface area contributed by atoms with Gasteiger partial charge in [0.15, 0.2) is 0 Å². The molecule has 1 atom stereocenters. The van der Waals surface area contributed by atoms with E-state index in [4.69, 9.17) is 10.4 Å². The molecule has 0 heterocycles. The molecular weight excluding hydrogens is 208 g/mol. The maximum absolute atomic E-state index is 11.7. The number of carbonyl (C=O) groups excluding carboxylic acids is 1. The molecule has 1 unspecified atom stereocenters. The molecule has 0 aliphatic rings. The Hall–Kier alpha value is -1.57. The van der Waals surface area contributed by atoms with Crippen molar-refractivity contribution in [3.63, 3.8) is 0 Å². The van der Waals surface area contributed by atoms with Crippen LogP contribution in [-0.4, -0.2) is 23.0 Å². The molecule has 0 saturated carbocycles. The molecule has 0 aliphatic carbocycles. The van der Waals surface area contributed by atoms with Crippen LogP contribution in [0, 0.1) is 16.7 Å². The first-order valence-electron chi connectivity index (χ1n) is 5.26. The summed E-state index contributed by atoms with van der Waals surface area (Å²) in [5.74, 6) is -1.43. The predicted molar refractivity (Wildman–Crippen MR) is 58.5 cm³/mol. The van der Waals surface area contributed by atoms with Crippen molar-refractivity contribution in [2.75, 3.05) is 0 Å². The quantitative estimate of drug-likeness (QED) is 0.714. The third-order valence-electron chi connectivity index (χ3n) is 2.32. The van der Waals surface area contributed by atoms with Gasteiger partial charge in [0.25, 0.3) is 0 Å². The highest BCUT2D eigenvalue weighted by Gasteiger charge is 2.30. The molecule has 0 spiro atoms. The lowest BCUT2D eigenvalue weighted by Gasteiger charge is -2.23. The van der Waals surface area contributed by atoms with E-state index in [0.717, 1.165) is 0 Å². The topological polar surface area (TPSA) is 90.2 Å². The molecule has 0 fully saturated rings. The Labute approximate surface area is 95.4 Å². The van der Waals surface area contributed by atoms with E-state index >= 15 is 0 Å². The van der Waals surface area contributed by atoms with Crippen molar-refractivity contribution in [3.8, 4) is 6.07 Å². The van der Waals surface area contributed by atoms with E-state index in [1.54, 1.807) is 13.8 Å². The third kappa shape index (κ3) is 4.30. The fourth-order valence-corrected chi connectivity index (χ4v) is 1.18. The average Bonchev–Trinajstić information content (AvgIpc) is 2.16. The zero-order chi connectivity index (χ0) is 12.8. The fraction of sp³-hybridized carbons (Fsp3) is 0.727. The van der Waals surface area contributed by atoms with Crippen LogP contribution in [0.4, 0.5) is 0 Å². The second kappa shape index (κ2) is 6.11. The lowest BCUT2D eigenvalue weighted by molar-refractivity contribution is -0.143. The molecule has 0 saturated heterocycles. The normalized spacial score (nSPS) is 12.6. The van der Waals surface area contributed by atoms with Crippen LogP contribution >= 0.6 is 0 Å². The Morgan fingerprint density at radius 1 is 1.50 bits per heavy atom. The zero-order valence-corrected chi connectivity index (χ0v) is 9.91. The fourth-order valence-electron chi connectivity index (χ4n) is 1.18. The predicted octanol–water partition coefficient (Wildman–Crippen LogP) is 1.30. The summed E-state index contributed by atoms with van der Waals surface area (Å²) in [6, 6.07) is 1.05. The number of hydrogen-bond acceptors (Lipinski definition) is 3. The Balaban J connectivity index is 4.52. The van der Waals surface area contributed by atoms with Crippen molar-refractivity contribution in [2.45, 2.75) is 46.1 Å². The summed E-state index contributed by atoms with van der Waals surface area (Å²) in [6.07, 6.45) is 1.14. The third-order valence-corrected chi connectivity index (χ3v) is 2.32. The summed E-state index contributed by atoms with van der Waals surface area (Å²) in [5.41, 5.74) is -0.851. The van der Waals surface area contributed by atoms with Crippen LogP contribution in [0.1, 0.15) is 40.0 Å². The van der Waals surface area contributed by atoms with Gasteiger partial charge >= 0.3 is 5.97 Å². The Morgan fingerprint density at radius 3 is 2.44 bits per heavy atom. The summed E-state index contributed by atoms with van der Waals surface area (Å²) < 4.78 is 0. The first kappa shape index (κ1) is 14.4. The SMILES string of the molecule is CCCC(NC(=O)C(C)(C)CC#N)C(=O)O. The number of amides is 1. The molecule has 0 radical (unpaired) electrons. The zero-order valence-electron chi connectivity index (χ0n) is 9.91. The molecule has 90 valence electrons. The molecule has 0 aromatic heterocycles. The number of nitrogens with zero attached hydrogens (tertiary/aromatic N) is 1. The standard InChI is InChI=1S/C11H18N2O3/c1-4-5-8(9(14)15)13-10(16)11(2,3)6-7-12/h8H,4-6H2,1-3H3,(H,13,16)(H,14,15). The van der Waals surface area contributed by atoms with Crippen molar-refractivity contribution in [1.29, 1.82) is 5.26 Å². The van der Waals surface area contributed by atoms with Crippen molar-refractivity contribution < 1.29 is 14.7 Å². The van der Waals surface area contributed by atoms with E-state index in [9.17, 15) is 9.59 Å². The van der Waals surface area contributed by atoms with Crippen LogP contribution in [0.5, 0.6) is 0 Å². The monoisotopic (exact) mass is 226 g/mol. The summed E-state index contributed by atoms with van der Waals surface area (Å²) in [6.45, 7) is 5.09. The summed E-state index contributed by atoms with van der Waals surface area (Å²) >= 11 is 0. The lowest BCUT2D eigenvalue weighted by Crippen LogP contribution is -2.46. The highest BCUT2D eigenvalue weighted by Crippen LogP contribution is 2.20. The molecule has 2 N–H and O–H groups in total. The molecule has 5 nitrogen and oxygen atoms in total. The number of aliphatic carboxylic acids is 1. The van der Waals surface area contributed by atoms with Gasteiger partial charge in [-0.2, -0.15) is 5.26 Å². The minimum atomic E-state index is -1.04. The number of nitrogens with one attached hydrogen (secondary N) is 1. The molecule has 5 heteroatoms. The maximum Gasteiger partial charge on any atom is 0.326 e. The summed E-state index contributed by atoms with van der Waals surface area (Å²) in [5, 5.41) is 19.9. The van der Waals surface area contributed by atoms with E-state index in [1.807, 2.05) is 13.0 Å². The van der Waals surface area contributed by atoms with E-state index in [0.29, 0.717) is 12.8 Å². The molecule has 0 aliphatic heterocycles. The molecule has 1 amide bonds. The largest absolute Gasteiger partial charge is 0.480 e. The lowest BCUT2D eigenvalue weighted by atomic mass is 9.88. The highest BCUT2D eigenvalue weighted by molar-refractivity contribution is 5.87. The van der Waals surface area contributed by atoms with Crippen LogP contribution in [0.2, 0.25) is 0 Å².